The zero-order valence-electron chi connectivity index (χ0n) is 11.6. The lowest BCUT2D eigenvalue weighted by atomic mass is 10.5. The molecule has 0 atom stereocenters. The van der Waals surface area contributed by atoms with Crippen LogP contribution < -0.4 is 0 Å². The maximum absolute atomic E-state index is 2.44. The molecule has 0 N–H and O–H groups in total. The Balaban J connectivity index is -0.000000720. The monoisotopic (exact) mass is 272 g/mol. The van der Waals surface area contributed by atoms with Crippen LogP contribution in [0.15, 0.2) is 0 Å². The molecule has 0 bridgehead atoms. The van der Waals surface area contributed by atoms with Gasteiger partial charge in [-0.3, -0.25) is 0 Å². The second kappa shape index (κ2) is 7.97. The van der Waals surface area contributed by atoms with Crippen molar-refractivity contribution in [1.29, 1.82) is 0 Å². The van der Waals surface area contributed by atoms with Gasteiger partial charge in [0, 0.05) is 0 Å². The SMILES string of the molecule is CC(C)[Si](C(C)C)(C(C)C)C(C)C.Cl.Cl. The summed E-state index contributed by atoms with van der Waals surface area (Å²) in [6, 6.07) is 0. The minimum Gasteiger partial charge on any atom is -0.147 e. The van der Waals surface area contributed by atoms with Gasteiger partial charge >= 0.3 is 0 Å². The highest BCUT2D eigenvalue weighted by molar-refractivity contribution is 6.84. The molecule has 0 radical (unpaired) electrons. The highest BCUT2D eigenvalue weighted by Gasteiger charge is 2.44. The Morgan fingerprint density at radius 2 is 0.600 bits per heavy atom. The van der Waals surface area contributed by atoms with Crippen LogP contribution in [-0.2, 0) is 0 Å². The van der Waals surface area contributed by atoms with E-state index in [4.69, 9.17) is 0 Å². The van der Waals surface area contributed by atoms with E-state index in [0.29, 0.717) is 0 Å². The van der Waals surface area contributed by atoms with Gasteiger partial charge in [0.2, 0.25) is 0 Å². The molecule has 0 spiro atoms. The Kier molecular flexibility index (Phi) is 11.2. The summed E-state index contributed by atoms with van der Waals surface area (Å²) in [6.07, 6.45) is 0. The van der Waals surface area contributed by atoms with Gasteiger partial charge in [-0.25, -0.2) is 0 Å². The molecular weight excluding hydrogens is 243 g/mol. The van der Waals surface area contributed by atoms with Crippen LogP contribution >= 0.6 is 24.8 Å². The van der Waals surface area contributed by atoms with Gasteiger partial charge in [-0.2, -0.15) is 0 Å². The van der Waals surface area contributed by atoms with Crippen molar-refractivity contribution in [3.63, 3.8) is 0 Å². The van der Waals surface area contributed by atoms with Gasteiger partial charge in [-0.05, 0) is 0 Å². The van der Waals surface area contributed by atoms with E-state index in [2.05, 4.69) is 55.4 Å². The Labute approximate surface area is 110 Å². The molecule has 0 saturated carbocycles. The molecule has 0 aromatic heterocycles. The van der Waals surface area contributed by atoms with Crippen LogP contribution in [0.5, 0.6) is 0 Å². The summed E-state index contributed by atoms with van der Waals surface area (Å²) < 4.78 is 0. The van der Waals surface area contributed by atoms with E-state index in [-0.39, 0.29) is 24.8 Å². The van der Waals surface area contributed by atoms with Crippen molar-refractivity contribution < 1.29 is 0 Å². The van der Waals surface area contributed by atoms with Crippen molar-refractivity contribution in [2.24, 2.45) is 0 Å². The lowest BCUT2D eigenvalue weighted by Crippen LogP contribution is -2.47. The standard InChI is InChI=1S/C12H28Si.2ClH/c1-9(2)13(10(3)4,11(5)6)12(7)8;;/h9-12H,1-8H3;2*1H. The Hall–Kier alpha value is 0.797. The van der Waals surface area contributed by atoms with E-state index in [1.807, 2.05) is 0 Å². The minimum atomic E-state index is -1.10. The first kappa shape index (κ1) is 21.1. The fraction of sp³-hybridized carbons (Fsp3) is 1.00. The summed E-state index contributed by atoms with van der Waals surface area (Å²) in [6.45, 7) is 19.5. The zero-order chi connectivity index (χ0) is 10.8. The highest BCUT2D eigenvalue weighted by atomic mass is 35.5. The quantitative estimate of drug-likeness (QED) is 0.558. The molecule has 0 amide bonds. The molecule has 0 aromatic rings. The molecule has 15 heavy (non-hydrogen) atoms. The summed E-state index contributed by atoms with van der Waals surface area (Å²) in [4.78, 5) is 0. The van der Waals surface area contributed by atoms with Crippen LogP contribution in [0.2, 0.25) is 22.2 Å². The summed E-state index contributed by atoms with van der Waals surface area (Å²) in [5.41, 5.74) is 3.64. The molecule has 0 aliphatic rings. The lowest BCUT2D eigenvalue weighted by Gasteiger charge is -2.46. The smallest absolute Gasteiger partial charge is 0.0638 e. The van der Waals surface area contributed by atoms with Crippen molar-refractivity contribution in [2.45, 2.75) is 77.6 Å². The number of hydrogen-bond acceptors (Lipinski definition) is 0. The predicted octanol–water partition coefficient (Wildman–Crippen LogP) is 5.92. The topological polar surface area (TPSA) is 0 Å². The van der Waals surface area contributed by atoms with Crippen LogP contribution in [0.4, 0.5) is 0 Å². The fourth-order valence-corrected chi connectivity index (χ4v) is 12.0. The first-order chi connectivity index (χ1) is 5.77. The maximum atomic E-state index is 2.44. The van der Waals surface area contributed by atoms with Gasteiger partial charge in [0.05, 0.1) is 8.07 Å². The molecule has 0 aliphatic heterocycles. The van der Waals surface area contributed by atoms with Crippen LogP contribution in [0.1, 0.15) is 55.4 Å². The van der Waals surface area contributed by atoms with Crippen molar-refractivity contribution in [2.75, 3.05) is 0 Å². The zero-order valence-corrected chi connectivity index (χ0v) is 14.3. The Morgan fingerprint density at radius 3 is 0.600 bits per heavy atom. The van der Waals surface area contributed by atoms with Gasteiger partial charge in [-0.15, -0.1) is 24.8 Å². The van der Waals surface area contributed by atoms with Gasteiger partial charge in [0.1, 0.15) is 0 Å². The third-order valence-electron chi connectivity index (χ3n) is 4.00. The lowest BCUT2D eigenvalue weighted by molar-refractivity contribution is 0.753. The molecule has 3 heteroatoms. The Bertz CT molecular complexity index is 116. The number of hydrogen-bond donors (Lipinski definition) is 0. The first-order valence-corrected chi connectivity index (χ1v) is 8.08. The summed E-state index contributed by atoms with van der Waals surface area (Å²) in [7, 11) is -1.10. The van der Waals surface area contributed by atoms with Gasteiger partial charge < -0.3 is 0 Å². The van der Waals surface area contributed by atoms with Crippen molar-refractivity contribution in [3.05, 3.63) is 0 Å². The fourth-order valence-electron chi connectivity index (χ4n) is 4.00. The molecule has 0 saturated heterocycles. The van der Waals surface area contributed by atoms with Crippen LogP contribution in [-0.4, -0.2) is 8.07 Å². The molecule has 0 aromatic carbocycles. The number of halogens is 2. The average Bonchev–Trinajstić information content (AvgIpc) is 1.82. The largest absolute Gasteiger partial charge is 0.147 e. The summed E-state index contributed by atoms with van der Waals surface area (Å²) in [5, 5.41) is 0. The van der Waals surface area contributed by atoms with Crippen LogP contribution in [0.25, 0.3) is 0 Å². The van der Waals surface area contributed by atoms with E-state index in [1.165, 1.54) is 0 Å². The van der Waals surface area contributed by atoms with E-state index in [1.54, 1.807) is 0 Å². The molecule has 0 fully saturated rings. The molecule has 0 heterocycles. The molecule has 0 aliphatic carbocycles. The third kappa shape index (κ3) is 3.94. The number of rotatable bonds is 4. The van der Waals surface area contributed by atoms with E-state index in [9.17, 15) is 0 Å². The van der Waals surface area contributed by atoms with E-state index < -0.39 is 8.07 Å². The van der Waals surface area contributed by atoms with Crippen LogP contribution in [0, 0.1) is 0 Å². The molecule has 0 rings (SSSR count). The molecular formula is C12H30Cl2Si. The second-order valence-electron chi connectivity index (χ2n) is 5.62. The minimum absolute atomic E-state index is 0. The van der Waals surface area contributed by atoms with Crippen LogP contribution in [0.3, 0.4) is 0 Å². The normalized spacial score (nSPS) is 12.0. The molecule has 96 valence electrons. The third-order valence-corrected chi connectivity index (χ3v) is 12.0. The summed E-state index contributed by atoms with van der Waals surface area (Å²) in [5.74, 6) is 0. The molecule has 0 nitrogen and oxygen atoms in total. The highest BCUT2D eigenvalue weighted by Crippen LogP contribution is 2.48. The summed E-state index contributed by atoms with van der Waals surface area (Å²) >= 11 is 0. The van der Waals surface area contributed by atoms with Gasteiger partial charge in [0.25, 0.3) is 0 Å². The maximum Gasteiger partial charge on any atom is 0.0638 e. The van der Waals surface area contributed by atoms with Gasteiger partial charge in [-0.1, -0.05) is 77.6 Å². The van der Waals surface area contributed by atoms with Crippen molar-refractivity contribution in [1.82, 2.24) is 0 Å². The first-order valence-electron chi connectivity index (χ1n) is 5.77. The second-order valence-corrected chi connectivity index (χ2v) is 12.2. The molecule has 0 unspecified atom stereocenters. The van der Waals surface area contributed by atoms with E-state index >= 15 is 0 Å². The average molecular weight is 273 g/mol. The Morgan fingerprint density at radius 1 is 0.467 bits per heavy atom. The van der Waals surface area contributed by atoms with Gasteiger partial charge in [0.15, 0.2) is 0 Å². The predicted molar refractivity (Wildman–Crippen MR) is 80.6 cm³/mol. The van der Waals surface area contributed by atoms with Crippen molar-refractivity contribution >= 4 is 32.9 Å². The van der Waals surface area contributed by atoms with Crippen molar-refractivity contribution in [3.8, 4) is 0 Å². The van der Waals surface area contributed by atoms with E-state index in [0.717, 1.165) is 22.2 Å².